The summed E-state index contributed by atoms with van der Waals surface area (Å²) < 4.78 is 2.51. The first-order chi connectivity index (χ1) is 14.1. The average Bonchev–Trinajstić information content (AvgIpc) is 3.25. The summed E-state index contributed by atoms with van der Waals surface area (Å²) in [6.07, 6.45) is 2.43. The number of benzene rings is 1. The van der Waals surface area contributed by atoms with Crippen LogP contribution >= 0.6 is 0 Å². The fourth-order valence-corrected chi connectivity index (χ4v) is 4.15. The highest BCUT2D eigenvalue weighted by atomic mass is 16.2. The second-order valence-electron chi connectivity index (χ2n) is 7.70. The molecule has 154 valence electrons. The molecule has 1 amide bonds. The molecule has 8 nitrogen and oxygen atoms in total. The Bertz CT molecular complexity index is 962. The van der Waals surface area contributed by atoms with Gasteiger partial charge in [-0.25, -0.2) is 4.79 Å². The van der Waals surface area contributed by atoms with Gasteiger partial charge in [0.05, 0.1) is 6.54 Å². The van der Waals surface area contributed by atoms with Crippen molar-refractivity contribution >= 4 is 5.91 Å². The molecule has 2 saturated heterocycles. The predicted octanol–water partition coefficient (Wildman–Crippen LogP) is -0.436. The highest BCUT2D eigenvalue weighted by Crippen LogP contribution is 2.16. The quantitative estimate of drug-likeness (QED) is 0.740. The average molecular weight is 397 g/mol. The Labute approximate surface area is 169 Å². The second kappa shape index (κ2) is 8.75. The monoisotopic (exact) mass is 397 g/mol. The molecule has 0 radical (unpaired) electrons. The van der Waals surface area contributed by atoms with E-state index in [0.717, 1.165) is 42.7 Å². The van der Waals surface area contributed by atoms with Gasteiger partial charge in [0.15, 0.2) is 0 Å². The lowest BCUT2D eigenvalue weighted by Crippen LogP contribution is -2.50. The summed E-state index contributed by atoms with van der Waals surface area (Å²) in [6, 6.07) is 11.3. The fraction of sp³-hybridized carbons (Fsp3) is 0.476. The van der Waals surface area contributed by atoms with Crippen LogP contribution in [0.3, 0.4) is 0 Å². The van der Waals surface area contributed by atoms with Crippen molar-refractivity contribution < 1.29 is 4.79 Å². The Morgan fingerprint density at radius 2 is 1.79 bits per heavy atom. The summed E-state index contributed by atoms with van der Waals surface area (Å²) in [4.78, 5) is 42.1. The molecule has 29 heavy (non-hydrogen) atoms. The van der Waals surface area contributed by atoms with Crippen molar-refractivity contribution in [3.8, 4) is 0 Å². The standard InChI is InChI=1S/C21H27N5O3/c27-19-7-11-25(14-17-4-2-1-3-5-17)21(29)26(19)16-20(28)24-10-6-18(15-24)23-12-8-22-9-13-23/h1-5,7,11,18,22H,6,8-10,12-16H2. The SMILES string of the molecule is O=C(Cn1c(=O)ccn(Cc2ccccc2)c1=O)N1CCC(N2CCNCC2)C1. The highest BCUT2D eigenvalue weighted by Gasteiger charge is 2.31. The number of hydrogen-bond acceptors (Lipinski definition) is 5. The van der Waals surface area contributed by atoms with Crippen molar-refractivity contribution in [2.45, 2.75) is 25.6 Å². The largest absolute Gasteiger partial charge is 0.340 e. The molecular weight excluding hydrogens is 370 g/mol. The smallest absolute Gasteiger partial charge is 0.331 e. The number of aromatic nitrogens is 2. The van der Waals surface area contributed by atoms with Gasteiger partial charge in [0.1, 0.15) is 6.54 Å². The van der Waals surface area contributed by atoms with E-state index in [0.29, 0.717) is 25.7 Å². The third kappa shape index (κ3) is 4.49. The number of nitrogens with zero attached hydrogens (tertiary/aromatic N) is 4. The van der Waals surface area contributed by atoms with Gasteiger partial charge in [-0.3, -0.25) is 23.6 Å². The zero-order chi connectivity index (χ0) is 20.2. The molecule has 4 rings (SSSR count). The number of carbonyl (C=O) groups excluding carboxylic acids is 1. The summed E-state index contributed by atoms with van der Waals surface area (Å²) >= 11 is 0. The second-order valence-corrected chi connectivity index (χ2v) is 7.70. The van der Waals surface area contributed by atoms with Crippen LogP contribution in [0.2, 0.25) is 0 Å². The molecule has 0 aliphatic carbocycles. The minimum absolute atomic E-state index is 0.167. The van der Waals surface area contributed by atoms with Crippen molar-refractivity contribution in [2.75, 3.05) is 39.3 Å². The van der Waals surface area contributed by atoms with E-state index in [4.69, 9.17) is 0 Å². The summed E-state index contributed by atoms with van der Waals surface area (Å²) in [5.74, 6) is -0.167. The van der Waals surface area contributed by atoms with E-state index in [-0.39, 0.29) is 12.5 Å². The Hall–Kier alpha value is -2.71. The van der Waals surface area contributed by atoms with Gasteiger partial charge in [0.2, 0.25) is 5.91 Å². The van der Waals surface area contributed by atoms with E-state index in [2.05, 4.69) is 10.2 Å². The van der Waals surface area contributed by atoms with Crippen LogP contribution in [0.25, 0.3) is 0 Å². The Morgan fingerprint density at radius 3 is 2.55 bits per heavy atom. The predicted molar refractivity (Wildman–Crippen MR) is 110 cm³/mol. The zero-order valence-electron chi connectivity index (χ0n) is 16.5. The Morgan fingerprint density at radius 1 is 1.03 bits per heavy atom. The fourth-order valence-electron chi connectivity index (χ4n) is 4.15. The van der Waals surface area contributed by atoms with Crippen molar-refractivity contribution in [3.05, 3.63) is 69.0 Å². The van der Waals surface area contributed by atoms with Crippen molar-refractivity contribution in [1.29, 1.82) is 0 Å². The highest BCUT2D eigenvalue weighted by molar-refractivity contribution is 5.76. The first-order valence-corrected chi connectivity index (χ1v) is 10.2. The first-order valence-electron chi connectivity index (χ1n) is 10.2. The number of carbonyl (C=O) groups is 1. The van der Waals surface area contributed by atoms with Crippen LogP contribution in [-0.2, 0) is 17.9 Å². The van der Waals surface area contributed by atoms with Crippen LogP contribution in [0, 0.1) is 0 Å². The molecule has 0 spiro atoms. The minimum atomic E-state index is -0.451. The molecule has 2 aliphatic rings. The van der Waals surface area contributed by atoms with Gasteiger partial charge >= 0.3 is 5.69 Å². The molecule has 2 fully saturated rings. The van der Waals surface area contributed by atoms with Crippen molar-refractivity contribution in [2.24, 2.45) is 0 Å². The molecule has 2 aromatic rings. The molecule has 1 aromatic heterocycles. The van der Waals surface area contributed by atoms with E-state index in [1.54, 1.807) is 4.90 Å². The summed E-state index contributed by atoms with van der Waals surface area (Å²) in [5, 5.41) is 3.34. The number of piperazine rings is 1. The van der Waals surface area contributed by atoms with Gasteiger partial charge in [-0.15, -0.1) is 0 Å². The molecule has 1 N–H and O–H groups in total. The van der Waals surface area contributed by atoms with Crippen LogP contribution in [0.15, 0.2) is 52.2 Å². The van der Waals surface area contributed by atoms with Gasteiger partial charge in [-0.2, -0.15) is 0 Å². The number of hydrogen-bond donors (Lipinski definition) is 1. The molecule has 1 unspecified atom stereocenters. The molecule has 0 bridgehead atoms. The zero-order valence-corrected chi connectivity index (χ0v) is 16.5. The third-order valence-corrected chi connectivity index (χ3v) is 5.81. The molecule has 1 atom stereocenters. The van der Waals surface area contributed by atoms with Crippen LogP contribution in [0.5, 0.6) is 0 Å². The van der Waals surface area contributed by atoms with Crippen LogP contribution in [0.1, 0.15) is 12.0 Å². The number of amides is 1. The van der Waals surface area contributed by atoms with Crippen LogP contribution in [0.4, 0.5) is 0 Å². The molecular formula is C21H27N5O3. The number of nitrogens with one attached hydrogen (secondary N) is 1. The van der Waals surface area contributed by atoms with Gasteiger partial charge in [0, 0.05) is 57.6 Å². The first kappa shape index (κ1) is 19.6. The van der Waals surface area contributed by atoms with Gasteiger partial charge < -0.3 is 10.2 Å². The topological polar surface area (TPSA) is 79.6 Å². The normalized spacial score (nSPS) is 20.1. The van der Waals surface area contributed by atoms with Crippen LogP contribution in [-0.4, -0.2) is 70.2 Å². The molecule has 1 aromatic carbocycles. The van der Waals surface area contributed by atoms with Crippen molar-refractivity contribution in [1.82, 2.24) is 24.3 Å². The lowest BCUT2D eigenvalue weighted by atomic mass is 10.2. The summed E-state index contributed by atoms with van der Waals surface area (Å²) in [6.45, 7) is 5.44. The molecule has 0 saturated carbocycles. The maximum atomic E-state index is 12.8. The Balaban J connectivity index is 1.45. The van der Waals surface area contributed by atoms with E-state index in [9.17, 15) is 14.4 Å². The summed E-state index contributed by atoms with van der Waals surface area (Å²) in [5.41, 5.74) is 0.0719. The maximum Gasteiger partial charge on any atom is 0.331 e. The molecule has 3 heterocycles. The lowest BCUT2D eigenvalue weighted by Gasteiger charge is -2.32. The van der Waals surface area contributed by atoms with Gasteiger partial charge in [-0.05, 0) is 12.0 Å². The van der Waals surface area contributed by atoms with E-state index >= 15 is 0 Å². The number of likely N-dealkylation sites (tertiary alicyclic amines) is 1. The number of rotatable bonds is 5. The van der Waals surface area contributed by atoms with E-state index < -0.39 is 11.2 Å². The van der Waals surface area contributed by atoms with E-state index in [1.807, 2.05) is 30.3 Å². The Kier molecular flexibility index (Phi) is 5.92. The lowest BCUT2D eigenvalue weighted by molar-refractivity contribution is -0.131. The summed E-state index contributed by atoms with van der Waals surface area (Å²) in [7, 11) is 0. The maximum absolute atomic E-state index is 12.8. The third-order valence-electron chi connectivity index (χ3n) is 5.81. The van der Waals surface area contributed by atoms with E-state index in [1.165, 1.54) is 16.8 Å². The molecule has 2 aliphatic heterocycles. The minimum Gasteiger partial charge on any atom is -0.340 e. The van der Waals surface area contributed by atoms with Crippen LogP contribution < -0.4 is 16.6 Å². The molecule has 8 heteroatoms. The van der Waals surface area contributed by atoms with Gasteiger partial charge in [0.25, 0.3) is 5.56 Å². The van der Waals surface area contributed by atoms with Gasteiger partial charge in [-0.1, -0.05) is 30.3 Å². The van der Waals surface area contributed by atoms with Crippen molar-refractivity contribution in [3.63, 3.8) is 0 Å².